The van der Waals surface area contributed by atoms with Gasteiger partial charge in [0.2, 0.25) is 6.10 Å². The second kappa shape index (κ2) is 8.52. The van der Waals surface area contributed by atoms with Crippen LogP contribution in [-0.4, -0.2) is 24.0 Å². The van der Waals surface area contributed by atoms with Crippen molar-refractivity contribution in [2.45, 2.75) is 44.4 Å². The molecule has 0 spiro atoms. The Kier molecular flexibility index (Phi) is 5.89. The number of esters is 1. The van der Waals surface area contributed by atoms with Gasteiger partial charge in [-0.1, -0.05) is 55.5 Å². The third-order valence-corrected chi connectivity index (χ3v) is 4.15. The Bertz CT molecular complexity index is 728. The van der Waals surface area contributed by atoms with Gasteiger partial charge in [-0.05, 0) is 31.4 Å². The van der Waals surface area contributed by atoms with Crippen molar-refractivity contribution in [2.24, 2.45) is 0 Å². The third-order valence-electron chi connectivity index (χ3n) is 4.15. The largest absolute Gasteiger partial charge is 0.479 e. The molecule has 1 fully saturated rings. The summed E-state index contributed by atoms with van der Waals surface area (Å²) in [7, 11) is 0. The predicted molar refractivity (Wildman–Crippen MR) is 97.6 cm³/mol. The summed E-state index contributed by atoms with van der Waals surface area (Å²) in [6.45, 7) is 1.84. The highest BCUT2D eigenvalue weighted by Gasteiger charge is 2.32. The first kappa shape index (κ1) is 18.0. The van der Waals surface area contributed by atoms with Gasteiger partial charge in [-0.2, -0.15) is 0 Å². The van der Waals surface area contributed by atoms with E-state index in [2.05, 4.69) is 5.32 Å². The summed E-state index contributed by atoms with van der Waals surface area (Å²) in [5.41, 5.74) is 0.647. The lowest BCUT2D eigenvalue weighted by Crippen LogP contribution is -2.37. The van der Waals surface area contributed by atoms with Crippen molar-refractivity contribution in [2.75, 3.05) is 0 Å². The van der Waals surface area contributed by atoms with E-state index in [4.69, 9.17) is 9.47 Å². The van der Waals surface area contributed by atoms with E-state index in [0.717, 1.165) is 12.8 Å². The maximum Gasteiger partial charge on any atom is 0.348 e. The number of hydrogen-bond donors (Lipinski definition) is 1. The van der Waals surface area contributed by atoms with Gasteiger partial charge in [0.15, 0.2) is 6.10 Å². The minimum absolute atomic E-state index is 0.190. The molecular formula is C21H23NO4. The van der Waals surface area contributed by atoms with E-state index in [-0.39, 0.29) is 11.9 Å². The summed E-state index contributed by atoms with van der Waals surface area (Å²) < 4.78 is 11.3. The molecule has 26 heavy (non-hydrogen) atoms. The molecule has 1 aliphatic rings. The van der Waals surface area contributed by atoms with Crippen LogP contribution in [0.5, 0.6) is 5.75 Å². The maximum atomic E-state index is 12.6. The van der Waals surface area contributed by atoms with E-state index in [1.165, 1.54) is 0 Å². The van der Waals surface area contributed by atoms with Crippen LogP contribution in [0.25, 0.3) is 0 Å². The number of benzene rings is 2. The molecule has 1 N–H and O–H groups in total. The van der Waals surface area contributed by atoms with Gasteiger partial charge in [0.1, 0.15) is 5.75 Å². The van der Waals surface area contributed by atoms with Gasteiger partial charge in [0.25, 0.3) is 5.91 Å². The molecule has 0 aromatic heterocycles. The summed E-state index contributed by atoms with van der Waals surface area (Å²) in [6.07, 6.45) is 0.640. The Morgan fingerprint density at radius 1 is 1.04 bits per heavy atom. The number of para-hydroxylation sites is 1. The second-order valence-corrected chi connectivity index (χ2v) is 6.34. The highest BCUT2D eigenvalue weighted by atomic mass is 16.6. The first-order valence-corrected chi connectivity index (χ1v) is 8.95. The molecular weight excluding hydrogens is 330 g/mol. The zero-order valence-corrected chi connectivity index (χ0v) is 14.8. The van der Waals surface area contributed by atoms with Gasteiger partial charge in [0, 0.05) is 11.6 Å². The Balaban J connectivity index is 1.71. The van der Waals surface area contributed by atoms with Crippen molar-refractivity contribution < 1.29 is 19.1 Å². The van der Waals surface area contributed by atoms with Crippen LogP contribution in [0.15, 0.2) is 60.7 Å². The van der Waals surface area contributed by atoms with Crippen molar-refractivity contribution in [1.29, 1.82) is 0 Å². The lowest BCUT2D eigenvalue weighted by Gasteiger charge is -2.22. The van der Waals surface area contributed by atoms with Gasteiger partial charge < -0.3 is 14.8 Å². The summed E-state index contributed by atoms with van der Waals surface area (Å²) in [4.78, 5) is 25.2. The van der Waals surface area contributed by atoms with E-state index < -0.39 is 18.2 Å². The number of rotatable bonds is 8. The Hall–Kier alpha value is -2.82. The number of nitrogens with one attached hydrogen (secondary N) is 1. The number of hydrogen-bond acceptors (Lipinski definition) is 4. The van der Waals surface area contributed by atoms with Crippen molar-refractivity contribution in [3.8, 4) is 5.75 Å². The van der Waals surface area contributed by atoms with Gasteiger partial charge in [-0.15, -0.1) is 0 Å². The molecule has 0 saturated heterocycles. The summed E-state index contributed by atoms with van der Waals surface area (Å²) in [6, 6.07) is 18.4. The number of amides is 1. The molecule has 0 aliphatic heterocycles. The molecule has 0 radical (unpaired) electrons. The van der Waals surface area contributed by atoms with Crippen molar-refractivity contribution >= 4 is 11.9 Å². The first-order chi connectivity index (χ1) is 12.7. The first-order valence-electron chi connectivity index (χ1n) is 8.95. The fourth-order valence-corrected chi connectivity index (χ4v) is 2.56. The molecule has 2 aromatic carbocycles. The average Bonchev–Trinajstić information content (AvgIpc) is 3.49. The normalized spacial score (nSPS) is 15.6. The maximum absolute atomic E-state index is 12.6. The molecule has 2 atom stereocenters. The van der Waals surface area contributed by atoms with E-state index >= 15 is 0 Å². The van der Waals surface area contributed by atoms with Crippen molar-refractivity contribution in [3.05, 3.63) is 66.2 Å². The molecule has 2 aromatic rings. The molecule has 2 unspecified atom stereocenters. The van der Waals surface area contributed by atoms with Gasteiger partial charge in [0.05, 0.1) is 0 Å². The van der Waals surface area contributed by atoms with Crippen LogP contribution in [-0.2, 0) is 14.3 Å². The van der Waals surface area contributed by atoms with E-state index in [1.54, 1.807) is 24.3 Å². The van der Waals surface area contributed by atoms with Crippen LogP contribution in [0.2, 0.25) is 0 Å². The second-order valence-electron chi connectivity index (χ2n) is 6.34. The third kappa shape index (κ3) is 4.85. The number of carbonyl (C=O) groups excluding carboxylic acids is 2. The highest BCUT2D eigenvalue weighted by molar-refractivity contribution is 5.86. The monoisotopic (exact) mass is 353 g/mol. The molecule has 1 aliphatic carbocycles. The smallest absolute Gasteiger partial charge is 0.348 e. The molecule has 3 rings (SSSR count). The zero-order chi connectivity index (χ0) is 18.4. The van der Waals surface area contributed by atoms with Crippen LogP contribution >= 0.6 is 0 Å². The summed E-state index contributed by atoms with van der Waals surface area (Å²) in [5.74, 6) is -0.243. The predicted octanol–water partition coefficient (Wildman–Crippen LogP) is 3.41. The van der Waals surface area contributed by atoms with Crippen LogP contribution in [0.4, 0.5) is 0 Å². The molecule has 0 heterocycles. The standard InChI is InChI=1S/C21H23NO4/c1-2-18(25-17-11-7-4-8-12-17)21(24)26-19(15-9-5-3-6-10-15)20(23)22-16-13-14-16/h3-12,16,18-19H,2,13-14H2,1H3,(H,22,23). The molecule has 1 saturated carbocycles. The molecule has 136 valence electrons. The number of carbonyl (C=O) groups is 2. The molecule has 0 bridgehead atoms. The average molecular weight is 353 g/mol. The van der Waals surface area contributed by atoms with Crippen molar-refractivity contribution in [1.82, 2.24) is 5.32 Å². The molecule has 5 heteroatoms. The quantitative estimate of drug-likeness (QED) is 0.739. The molecule has 1 amide bonds. The molecule has 5 nitrogen and oxygen atoms in total. The Morgan fingerprint density at radius 2 is 1.65 bits per heavy atom. The van der Waals surface area contributed by atoms with E-state index in [9.17, 15) is 9.59 Å². The van der Waals surface area contributed by atoms with E-state index in [0.29, 0.717) is 17.7 Å². The van der Waals surface area contributed by atoms with E-state index in [1.807, 2.05) is 43.3 Å². The Morgan fingerprint density at radius 3 is 2.23 bits per heavy atom. The topological polar surface area (TPSA) is 64.6 Å². The minimum atomic E-state index is -0.974. The number of ether oxygens (including phenoxy) is 2. The lowest BCUT2D eigenvalue weighted by atomic mass is 10.1. The van der Waals surface area contributed by atoms with Gasteiger partial charge >= 0.3 is 5.97 Å². The summed E-state index contributed by atoms with van der Waals surface area (Å²) in [5, 5.41) is 2.91. The lowest BCUT2D eigenvalue weighted by molar-refractivity contribution is -0.163. The van der Waals surface area contributed by atoms with Crippen LogP contribution in [0.3, 0.4) is 0 Å². The Labute approximate surface area is 153 Å². The van der Waals surface area contributed by atoms with Gasteiger partial charge in [-0.3, -0.25) is 4.79 Å². The highest BCUT2D eigenvalue weighted by Crippen LogP contribution is 2.24. The van der Waals surface area contributed by atoms with Crippen LogP contribution in [0, 0.1) is 0 Å². The summed E-state index contributed by atoms with van der Waals surface area (Å²) >= 11 is 0. The van der Waals surface area contributed by atoms with Crippen molar-refractivity contribution in [3.63, 3.8) is 0 Å². The van der Waals surface area contributed by atoms with Crippen LogP contribution < -0.4 is 10.1 Å². The SMILES string of the molecule is CCC(Oc1ccccc1)C(=O)OC(C(=O)NC1CC1)c1ccccc1. The van der Waals surface area contributed by atoms with Gasteiger partial charge in [-0.25, -0.2) is 4.79 Å². The fourth-order valence-electron chi connectivity index (χ4n) is 2.56. The zero-order valence-electron chi connectivity index (χ0n) is 14.8. The van der Waals surface area contributed by atoms with Crippen LogP contribution in [0.1, 0.15) is 37.9 Å². The minimum Gasteiger partial charge on any atom is -0.479 e. The fraction of sp³-hybridized carbons (Fsp3) is 0.333.